The fourth-order valence-electron chi connectivity index (χ4n) is 2.27. The molecule has 0 aliphatic rings. The number of carboxylic acids is 1. The summed E-state index contributed by atoms with van der Waals surface area (Å²) in [6.45, 7) is 5.87. The molecule has 0 radical (unpaired) electrons. The zero-order valence-corrected chi connectivity index (χ0v) is 11.6. The van der Waals surface area contributed by atoms with Gasteiger partial charge in [0.15, 0.2) is 0 Å². The van der Waals surface area contributed by atoms with Crippen LogP contribution in [0.15, 0.2) is 0 Å². The molecule has 4 nitrogen and oxygen atoms in total. The maximum Gasteiger partial charge on any atom is 0.303 e. The molecule has 0 spiro atoms. The van der Waals surface area contributed by atoms with Gasteiger partial charge in [0, 0.05) is 12.0 Å². The van der Waals surface area contributed by atoms with Crippen molar-refractivity contribution in [3.8, 4) is 11.5 Å². The van der Waals surface area contributed by atoms with Gasteiger partial charge in [-0.2, -0.15) is 0 Å². The third-order valence-electron chi connectivity index (χ3n) is 3.31. The second kappa shape index (κ2) is 5.76. The summed E-state index contributed by atoms with van der Waals surface area (Å²) in [4.78, 5) is 10.7. The van der Waals surface area contributed by atoms with Gasteiger partial charge < -0.3 is 14.6 Å². The van der Waals surface area contributed by atoms with E-state index in [9.17, 15) is 4.79 Å². The molecule has 0 aliphatic heterocycles. The van der Waals surface area contributed by atoms with E-state index in [-0.39, 0.29) is 6.42 Å². The maximum absolute atomic E-state index is 10.7. The molecule has 0 bridgehead atoms. The number of aliphatic carboxylic acids is 1. The minimum absolute atomic E-state index is 0.0862. The molecule has 1 aromatic carbocycles. The lowest BCUT2D eigenvalue weighted by atomic mass is 9.94. The van der Waals surface area contributed by atoms with Crippen molar-refractivity contribution >= 4 is 5.97 Å². The third-order valence-corrected chi connectivity index (χ3v) is 3.31. The first-order valence-electron chi connectivity index (χ1n) is 5.86. The van der Waals surface area contributed by atoms with Gasteiger partial charge in [-0.1, -0.05) is 0 Å². The largest absolute Gasteiger partial charge is 0.496 e. The van der Waals surface area contributed by atoms with Crippen LogP contribution < -0.4 is 9.47 Å². The van der Waals surface area contributed by atoms with E-state index in [0.717, 1.165) is 33.8 Å². The number of hydrogen-bond donors (Lipinski definition) is 1. The highest BCUT2D eigenvalue weighted by Crippen LogP contribution is 2.38. The summed E-state index contributed by atoms with van der Waals surface area (Å²) >= 11 is 0. The van der Waals surface area contributed by atoms with Crippen LogP contribution in [0.25, 0.3) is 0 Å². The summed E-state index contributed by atoms with van der Waals surface area (Å²) in [5, 5.41) is 8.81. The van der Waals surface area contributed by atoms with E-state index in [1.165, 1.54) is 0 Å². The van der Waals surface area contributed by atoms with Crippen LogP contribution in [0.1, 0.15) is 28.7 Å². The van der Waals surface area contributed by atoms with Crippen LogP contribution in [0.5, 0.6) is 11.5 Å². The van der Waals surface area contributed by atoms with Crippen LogP contribution in [-0.2, 0) is 11.2 Å². The molecular weight excluding hydrogens is 232 g/mol. The molecule has 0 aromatic heterocycles. The summed E-state index contributed by atoms with van der Waals surface area (Å²) in [7, 11) is 3.24. The Morgan fingerprint density at radius 2 is 1.50 bits per heavy atom. The van der Waals surface area contributed by atoms with E-state index in [2.05, 4.69) is 0 Å². The molecule has 0 saturated carbocycles. The van der Waals surface area contributed by atoms with Crippen LogP contribution in [-0.4, -0.2) is 25.3 Å². The van der Waals surface area contributed by atoms with Gasteiger partial charge in [-0.3, -0.25) is 4.79 Å². The smallest absolute Gasteiger partial charge is 0.303 e. The lowest BCUT2D eigenvalue weighted by molar-refractivity contribution is -0.136. The quantitative estimate of drug-likeness (QED) is 0.875. The minimum atomic E-state index is -0.811. The van der Waals surface area contributed by atoms with E-state index in [1.807, 2.05) is 20.8 Å². The number of hydrogen-bond acceptors (Lipinski definition) is 3. The molecule has 1 rings (SSSR count). The monoisotopic (exact) mass is 252 g/mol. The lowest BCUT2D eigenvalue weighted by Gasteiger charge is -2.20. The average molecular weight is 252 g/mol. The van der Waals surface area contributed by atoms with E-state index in [4.69, 9.17) is 14.6 Å². The van der Waals surface area contributed by atoms with Crippen molar-refractivity contribution in [1.29, 1.82) is 0 Å². The van der Waals surface area contributed by atoms with E-state index >= 15 is 0 Å². The van der Waals surface area contributed by atoms with Gasteiger partial charge in [-0.05, 0) is 43.9 Å². The molecule has 0 atom stereocenters. The first-order chi connectivity index (χ1) is 8.43. The molecular formula is C14H20O4. The second-order valence-electron chi connectivity index (χ2n) is 4.31. The fourth-order valence-corrected chi connectivity index (χ4v) is 2.27. The number of carbonyl (C=O) groups is 1. The summed E-state index contributed by atoms with van der Waals surface area (Å²) < 4.78 is 10.8. The minimum Gasteiger partial charge on any atom is -0.496 e. The van der Waals surface area contributed by atoms with Crippen molar-refractivity contribution in [3.63, 3.8) is 0 Å². The standard InChI is InChI=1S/C14H20O4/c1-8-9(2)14(18-5)11(6-7-12(15)16)10(3)13(8)17-4/h6-7H2,1-5H3,(H,15,16). The van der Waals surface area contributed by atoms with Crippen molar-refractivity contribution in [1.82, 2.24) is 0 Å². The molecule has 0 amide bonds. The molecule has 100 valence electrons. The van der Waals surface area contributed by atoms with Crippen LogP contribution in [0.2, 0.25) is 0 Å². The molecule has 0 unspecified atom stereocenters. The van der Waals surface area contributed by atoms with Crippen LogP contribution >= 0.6 is 0 Å². The SMILES string of the molecule is COc1c(C)c(C)c(OC)c(CCC(=O)O)c1C. The molecule has 1 aromatic rings. The summed E-state index contributed by atoms with van der Waals surface area (Å²) in [6, 6.07) is 0. The van der Waals surface area contributed by atoms with Crippen molar-refractivity contribution in [2.24, 2.45) is 0 Å². The average Bonchev–Trinajstić information content (AvgIpc) is 2.32. The van der Waals surface area contributed by atoms with Crippen molar-refractivity contribution in [3.05, 3.63) is 22.3 Å². The number of carboxylic acid groups (broad SMARTS) is 1. The first kappa shape index (κ1) is 14.4. The van der Waals surface area contributed by atoms with Crippen LogP contribution in [0.4, 0.5) is 0 Å². The highest BCUT2D eigenvalue weighted by Gasteiger charge is 2.18. The van der Waals surface area contributed by atoms with Gasteiger partial charge in [0.1, 0.15) is 11.5 Å². The van der Waals surface area contributed by atoms with E-state index in [1.54, 1.807) is 14.2 Å². The van der Waals surface area contributed by atoms with Crippen LogP contribution in [0.3, 0.4) is 0 Å². The number of benzene rings is 1. The van der Waals surface area contributed by atoms with E-state index < -0.39 is 5.97 Å². The van der Waals surface area contributed by atoms with Gasteiger partial charge in [0.05, 0.1) is 14.2 Å². The van der Waals surface area contributed by atoms with Crippen LogP contribution in [0, 0.1) is 20.8 Å². The predicted octanol–water partition coefficient (Wildman–Crippen LogP) is 2.65. The first-order valence-corrected chi connectivity index (χ1v) is 5.86. The van der Waals surface area contributed by atoms with Gasteiger partial charge >= 0.3 is 5.97 Å². The van der Waals surface area contributed by atoms with Gasteiger partial charge in [0.2, 0.25) is 0 Å². The van der Waals surface area contributed by atoms with Crippen molar-refractivity contribution < 1.29 is 19.4 Å². The third kappa shape index (κ3) is 2.58. The zero-order chi connectivity index (χ0) is 13.9. The Kier molecular flexibility index (Phi) is 4.59. The van der Waals surface area contributed by atoms with Crippen molar-refractivity contribution in [2.45, 2.75) is 33.6 Å². The summed E-state index contributed by atoms with van der Waals surface area (Å²) in [5.74, 6) is 0.773. The summed E-state index contributed by atoms with van der Waals surface area (Å²) in [6.07, 6.45) is 0.532. The number of methoxy groups -OCH3 is 2. The lowest BCUT2D eigenvalue weighted by Crippen LogP contribution is -2.06. The van der Waals surface area contributed by atoms with Gasteiger partial charge in [0.25, 0.3) is 0 Å². The Balaban J connectivity index is 3.37. The van der Waals surface area contributed by atoms with Crippen molar-refractivity contribution in [2.75, 3.05) is 14.2 Å². The molecule has 18 heavy (non-hydrogen) atoms. The molecule has 0 fully saturated rings. The molecule has 0 saturated heterocycles. The molecule has 0 aliphatic carbocycles. The molecule has 4 heteroatoms. The summed E-state index contributed by atoms with van der Waals surface area (Å²) in [5.41, 5.74) is 3.91. The Morgan fingerprint density at radius 1 is 1.00 bits per heavy atom. The maximum atomic E-state index is 10.7. The number of rotatable bonds is 5. The fraction of sp³-hybridized carbons (Fsp3) is 0.500. The van der Waals surface area contributed by atoms with Gasteiger partial charge in [-0.15, -0.1) is 0 Å². The highest BCUT2D eigenvalue weighted by molar-refractivity contribution is 5.68. The second-order valence-corrected chi connectivity index (χ2v) is 4.31. The van der Waals surface area contributed by atoms with Gasteiger partial charge in [-0.25, -0.2) is 0 Å². The Morgan fingerprint density at radius 3 is 1.94 bits per heavy atom. The Hall–Kier alpha value is -1.71. The Labute approximate surface area is 108 Å². The molecule has 1 N–H and O–H groups in total. The predicted molar refractivity (Wildman–Crippen MR) is 69.7 cm³/mol. The Bertz CT molecular complexity index is 464. The normalized spacial score (nSPS) is 10.3. The van der Waals surface area contributed by atoms with E-state index in [0.29, 0.717) is 6.42 Å². The topological polar surface area (TPSA) is 55.8 Å². The number of ether oxygens (including phenoxy) is 2. The molecule has 0 heterocycles. The highest BCUT2D eigenvalue weighted by atomic mass is 16.5. The zero-order valence-electron chi connectivity index (χ0n) is 11.6.